The first kappa shape index (κ1) is 19.7. The first-order valence-electron chi connectivity index (χ1n) is 9.43. The fourth-order valence-corrected chi connectivity index (χ4v) is 4.43. The molecule has 0 spiro atoms. The quantitative estimate of drug-likeness (QED) is 0.645. The zero-order chi connectivity index (χ0) is 21.3. The summed E-state index contributed by atoms with van der Waals surface area (Å²) in [4.78, 5) is 26.5. The lowest BCUT2D eigenvalue weighted by molar-refractivity contribution is -0.577. The molecule has 1 aliphatic rings. The normalized spacial score (nSPS) is 13.9. The molecule has 1 aliphatic carbocycles. The van der Waals surface area contributed by atoms with E-state index >= 15 is 0 Å². The van der Waals surface area contributed by atoms with Gasteiger partial charge >= 0.3 is 0 Å². The predicted octanol–water partition coefficient (Wildman–Crippen LogP) is 2.76. The molecule has 4 rings (SSSR count). The molecule has 0 bridgehead atoms. The minimum absolute atomic E-state index is 0.00212. The van der Waals surface area contributed by atoms with E-state index in [2.05, 4.69) is 4.72 Å². The molecule has 0 saturated heterocycles. The average molecular weight is 419 g/mol. The van der Waals surface area contributed by atoms with E-state index in [1.54, 1.807) is 48.8 Å². The van der Waals surface area contributed by atoms with Gasteiger partial charge in [-0.15, -0.1) is 0 Å². The molecule has 6 nitrogen and oxygen atoms in total. The van der Waals surface area contributed by atoms with Crippen LogP contribution in [-0.4, -0.2) is 20.0 Å². The molecule has 7 heteroatoms. The summed E-state index contributed by atoms with van der Waals surface area (Å²) in [5.74, 6) is -0.975. The summed E-state index contributed by atoms with van der Waals surface area (Å²) in [5, 5.41) is 0. The number of fused-ring (bicyclic) bond motifs is 1. The van der Waals surface area contributed by atoms with Crippen LogP contribution in [-0.2, 0) is 16.4 Å². The molecular formula is C23H19N2O4S+. The molecule has 0 fully saturated rings. The molecule has 0 atom stereocenters. The molecule has 30 heavy (non-hydrogen) atoms. The minimum Gasteiger partial charge on any atom is -0.287 e. The molecule has 2 aromatic carbocycles. The molecule has 0 radical (unpaired) electrons. The molecule has 1 aromatic heterocycles. The number of rotatable bonds is 5. The summed E-state index contributed by atoms with van der Waals surface area (Å²) >= 11 is 0. The van der Waals surface area contributed by atoms with Gasteiger partial charge < -0.3 is 0 Å². The molecule has 3 aromatic rings. The van der Waals surface area contributed by atoms with Crippen molar-refractivity contribution in [2.24, 2.45) is 0 Å². The summed E-state index contributed by atoms with van der Waals surface area (Å²) in [6.45, 7) is 2.00. The van der Waals surface area contributed by atoms with Crippen molar-refractivity contribution < 1.29 is 22.6 Å². The van der Waals surface area contributed by atoms with Gasteiger partial charge in [0.25, 0.3) is 21.5 Å². The van der Waals surface area contributed by atoms with Crippen LogP contribution < -0.4 is 9.29 Å². The minimum atomic E-state index is -4.07. The molecule has 0 saturated carbocycles. The highest BCUT2D eigenvalue weighted by atomic mass is 32.2. The van der Waals surface area contributed by atoms with Crippen LogP contribution in [0, 0.1) is 0 Å². The second kappa shape index (κ2) is 7.68. The largest absolute Gasteiger partial charge is 0.287 e. The summed E-state index contributed by atoms with van der Waals surface area (Å²) in [6.07, 6.45) is 4.12. The number of carbonyl (C=O) groups is 2. The third-order valence-corrected chi connectivity index (χ3v) is 6.32. The van der Waals surface area contributed by atoms with E-state index in [9.17, 15) is 18.0 Å². The number of aromatic nitrogens is 1. The third-order valence-electron chi connectivity index (χ3n) is 4.95. The van der Waals surface area contributed by atoms with E-state index < -0.39 is 21.6 Å². The lowest BCUT2D eigenvalue weighted by Crippen LogP contribution is -2.44. The number of Topliss-reactive ketones (excluding diaryl/α,β-unsaturated/α-hetero) is 2. The lowest BCUT2D eigenvalue weighted by atomic mass is 9.90. The fraction of sp³-hybridized carbons (Fsp3) is 0.0870. The number of sulfonamides is 1. The Bertz CT molecular complexity index is 1280. The maximum atomic E-state index is 13.3. The summed E-state index contributed by atoms with van der Waals surface area (Å²) in [7, 11) is -4.07. The van der Waals surface area contributed by atoms with Crippen molar-refractivity contribution in [2.75, 3.05) is 0 Å². The zero-order valence-corrected chi connectivity index (χ0v) is 17.0. The molecule has 0 amide bonds. The Morgan fingerprint density at radius 1 is 0.800 bits per heavy atom. The third kappa shape index (κ3) is 3.44. The molecule has 0 unspecified atom stereocenters. The van der Waals surface area contributed by atoms with Crippen LogP contribution in [0.1, 0.15) is 33.2 Å². The van der Waals surface area contributed by atoms with Crippen LogP contribution in [0.2, 0.25) is 0 Å². The van der Waals surface area contributed by atoms with E-state index in [-0.39, 0.29) is 27.4 Å². The van der Waals surface area contributed by atoms with Crippen molar-refractivity contribution in [3.8, 4) is 0 Å². The lowest BCUT2D eigenvalue weighted by Gasteiger charge is -2.18. The number of benzene rings is 2. The highest BCUT2D eigenvalue weighted by Crippen LogP contribution is 2.26. The Hall–Kier alpha value is -3.58. The van der Waals surface area contributed by atoms with Crippen LogP contribution in [0.3, 0.4) is 0 Å². The number of nitrogens with zero attached hydrogens (tertiary/aromatic N) is 1. The topological polar surface area (TPSA) is 84.2 Å². The maximum Gasteiger partial charge on any atom is 0.287 e. The van der Waals surface area contributed by atoms with E-state index in [4.69, 9.17) is 0 Å². The van der Waals surface area contributed by atoms with Gasteiger partial charge in [0.15, 0.2) is 18.1 Å². The van der Waals surface area contributed by atoms with Gasteiger partial charge in [-0.05, 0) is 24.1 Å². The van der Waals surface area contributed by atoms with Gasteiger partial charge in [0.1, 0.15) is 0 Å². The number of carbonyl (C=O) groups excluding carboxylic acids is 2. The summed E-state index contributed by atoms with van der Waals surface area (Å²) in [6, 6.07) is 17.8. The number of hydrogen-bond donors (Lipinski definition) is 1. The second-order valence-electron chi connectivity index (χ2n) is 6.81. The summed E-state index contributed by atoms with van der Waals surface area (Å²) < 4.78 is 29.7. The highest BCUT2D eigenvalue weighted by Gasteiger charge is 2.40. The Kier molecular flexibility index (Phi) is 5.05. The predicted molar refractivity (Wildman–Crippen MR) is 111 cm³/mol. The Labute approximate surface area is 174 Å². The smallest absolute Gasteiger partial charge is 0.287 e. The zero-order valence-electron chi connectivity index (χ0n) is 16.2. The molecule has 1 N–H and O–H groups in total. The molecular weight excluding hydrogens is 400 g/mol. The van der Waals surface area contributed by atoms with Gasteiger partial charge in [0.2, 0.25) is 5.78 Å². The van der Waals surface area contributed by atoms with E-state index in [1.807, 2.05) is 19.1 Å². The van der Waals surface area contributed by atoms with Gasteiger partial charge in [0.05, 0.1) is 4.90 Å². The van der Waals surface area contributed by atoms with E-state index in [1.165, 1.54) is 22.8 Å². The van der Waals surface area contributed by atoms with Crippen LogP contribution in [0.4, 0.5) is 0 Å². The van der Waals surface area contributed by atoms with Crippen molar-refractivity contribution in [1.82, 2.24) is 4.72 Å². The van der Waals surface area contributed by atoms with E-state index in [0.717, 1.165) is 12.0 Å². The van der Waals surface area contributed by atoms with Crippen molar-refractivity contribution >= 4 is 27.3 Å². The van der Waals surface area contributed by atoms with Crippen LogP contribution >= 0.6 is 0 Å². The number of nitrogens with one attached hydrogen (secondary N) is 1. The standard InChI is InChI=1S/C23H18N2O4S/c1-2-16-12-14-25(15-13-16)21-20(24-30(28,29)17-8-4-3-5-9-17)22(26)18-10-6-7-11-19(18)23(21)27/h3-15H,2H2,1H3/p+1. The maximum absolute atomic E-state index is 13.3. The molecule has 1 heterocycles. The van der Waals surface area contributed by atoms with Crippen molar-refractivity contribution in [3.63, 3.8) is 0 Å². The van der Waals surface area contributed by atoms with Gasteiger partial charge in [-0.2, -0.15) is 4.57 Å². The fourth-order valence-electron chi connectivity index (χ4n) is 3.34. The van der Waals surface area contributed by atoms with Gasteiger partial charge in [-0.3, -0.25) is 14.3 Å². The van der Waals surface area contributed by atoms with Gasteiger partial charge in [0, 0.05) is 23.3 Å². The molecule has 150 valence electrons. The Morgan fingerprint density at radius 2 is 1.37 bits per heavy atom. The van der Waals surface area contributed by atoms with Crippen LogP contribution in [0.5, 0.6) is 0 Å². The van der Waals surface area contributed by atoms with E-state index in [0.29, 0.717) is 0 Å². The Morgan fingerprint density at radius 3 is 1.97 bits per heavy atom. The van der Waals surface area contributed by atoms with Crippen molar-refractivity contribution in [2.45, 2.75) is 18.2 Å². The SMILES string of the molecule is CCc1cc[n+](C2=C(NS(=O)(=O)c3ccccc3)C(=O)c3ccccc3C2=O)cc1. The number of allylic oxidation sites excluding steroid dienone is 2. The van der Waals surface area contributed by atoms with Crippen LogP contribution in [0.25, 0.3) is 5.70 Å². The van der Waals surface area contributed by atoms with Gasteiger partial charge in [-0.1, -0.05) is 49.4 Å². The number of aryl methyl sites for hydroxylation is 1. The Balaban J connectivity index is 1.91. The second-order valence-corrected chi connectivity index (χ2v) is 8.50. The molecule has 0 aliphatic heterocycles. The van der Waals surface area contributed by atoms with Crippen molar-refractivity contribution in [3.05, 3.63) is 102 Å². The first-order chi connectivity index (χ1) is 14.4. The highest BCUT2D eigenvalue weighted by molar-refractivity contribution is 7.89. The first-order valence-corrected chi connectivity index (χ1v) is 10.9. The van der Waals surface area contributed by atoms with Gasteiger partial charge in [-0.25, -0.2) is 8.42 Å². The number of pyridine rings is 1. The number of hydrogen-bond acceptors (Lipinski definition) is 4. The van der Waals surface area contributed by atoms with Crippen molar-refractivity contribution in [1.29, 1.82) is 0 Å². The van der Waals surface area contributed by atoms with Crippen LogP contribution in [0.15, 0.2) is 89.7 Å². The number of ketones is 2. The average Bonchev–Trinajstić information content (AvgIpc) is 2.78. The monoisotopic (exact) mass is 419 g/mol. The summed E-state index contributed by atoms with van der Waals surface area (Å²) in [5.41, 5.74) is 1.17.